The Balaban J connectivity index is 2.45. The molecule has 0 radical (unpaired) electrons. The van der Waals surface area contributed by atoms with Gasteiger partial charge in [0, 0.05) is 12.3 Å². The Morgan fingerprint density at radius 3 is 2.75 bits per heavy atom. The first-order valence-corrected chi connectivity index (χ1v) is 3.48. The summed E-state index contributed by atoms with van der Waals surface area (Å²) in [6.07, 6.45) is 1.64. The summed E-state index contributed by atoms with van der Waals surface area (Å²) in [5.41, 5.74) is 1.19. The van der Waals surface area contributed by atoms with Gasteiger partial charge in [0.25, 0.3) is 0 Å². The Bertz CT molecular complexity index is 369. The summed E-state index contributed by atoms with van der Waals surface area (Å²) in [5.74, 6) is -0.448. The van der Waals surface area contributed by atoms with Crippen LogP contribution in [-0.2, 0) is 0 Å². The minimum Gasteiger partial charge on any atom is -0.255 e. The highest BCUT2D eigenvalue weighted by molar-refractivity contribution is 5.52. The third-order valence-corrected chi connectivity index (χ3v) is 1.47. The number of pyridine rings is 1. The number of aromatic amines is 1. The van der Waals surface area contributed by atoms with Gasteiger partial charge in [-0.25, -0.2) is 0 Å². The summed E-state index contributed by atoms with van der Waals surface area (Å²) in [7, 11) is 0. The van der Waals surface area contributed by atoms with Gasteiger partial charge in [-0.2, -0.15) is 9.49 Å². The number of hydrogen-bond acceptors (Lipinski definition) is 2. The van der Waals surface area contributed by atoms with E-state index in [-0.39, 0.29) is 0 Å². The summed E-state index contributed by atoms with van der Waals surface area (Å²) < 4.78 is 12.5. The quantitative estimate of drug-likeness (QED) is 0.693. The maximum absolute atomic E-state index is 12.5. The van der Waals surface area contributed by atoms with Gasteiger partial charge in [0.05, 0.1) is 5.69 Å². The Labute approximate surface area is 68.3 Å². The Morgan fingerprint density at radius 2 is 2.17 bits per heavy atom. The third-order valence-electron chi connectivity index (χ3n) is 1.47. The van der Waals surface area contributed by atoms with Crippen LogP contribution < -0.4 is 0 Å². The molecule has 2 aromatic rings. The molecule has 2 rings (SSSR count). The van der Waals surface area contributed by atoms with Crippen molar-refractivity contribution in [1.29, 1.82) is 0 Å². The van der Waals surface area contributed by atoms with E-state index in [9.17, 15) is 4.39 Å². The zero-order valence-electron chi connectivity index (χ0n) is 6.16. The number of nitrogens with one attached hydrogen (secondary N) is 1. The molecule has 0 unspecified atom stereocenters. The lowest BCUT2D eigenvalue weighted by Gasteiger charge is -1.90. The number of H-pyrrole nitrogens is 1. The second kappa shape index (κ2) is 2.73. The molecule has 0 amide bonds. The maximum atomic E-state index is 12.5. The van der Waals surface area contributed by atoms with Crippen LogP contribution in [0.3, 0.4) is 0 Å². The molecule has 0 aliphatic heterocycles. The Kier molecular flexibility index (Phi) is 1.59. The van der Waals surface area contributed by atoms with Gasteiger partial charge in [0.2, 0.25) is 5.95 Å². The van der Waals surface area contributed by atoms with Crippen molar-refractivity contribution < 1.29 is 4.39 Å². The lowest BCUT2D eigenvalue weighted by Crippen LogP contribution is -1.80. The lowest BCUT2D eigenvalue weighted by molar-refractivity contribution is 0.579. The number of rotatable bonds is 1. The highest BCUT2D eigenvalue weighted by atomic mass is 19.1. The number of halogens is 1. The monoisotopic (exact) mass is 163 g/mol. The molecule has 0 saturated heterocycles. The summed E-state index contributed by atoms with van der Waals surface area (Å²) in [4.78, 5) is 4.01. The van der Waals surface area contributed by atoms with Crippen molar-refractivity contribution in [3.63, 3.8) is 0 Å². The SMILES string of the molecule is Fc1cc(-c2ccccn2)n[nH]1. The summed E-state index contributed by atoms with van der Waals surface area (Å²) in [5, 5.41) is 5.93. The second-order valence-corrected chi connectivity index (χ2v) is 2.32. The number of aromatic nitrogens is 3. The van der Waals surface area contributed by atoms with Crippen LogP contribution >= 0.6 is 0 Å². The maximum Gasteiger partial charge on any atom is 0.209 e. The van der Waals surface area contributed by atoms with Gasteiger partial charge in [-0.1, -0.05) is 6.07 Å². The third kappa shape index (κ3) is 1.18. The molecule has 0 aliphatic rings. The largest absolute Gasteiger partial charge is 0.255 e. The zero-order chi connectivity index (χ0) is 8.39. The fourth-order valence-electron chi connectivity index (χ4n) is 0.944. The highest BCUT2D eigenvalue weighted by Gasteiger charge is 2.02. The van der Waals surface area contributed by atoms with Gasteiger partial charge in [-0.3, -0.25) is 10.1 Å². The molecular weight excluding hydrogens is 157 g/mol. The molecule has 1 N–H and O–H groups in total. The van der Waals surface area contributed by atoms with E-state index < -0.39 is 5.95 Å². The lowest BCUT2D eigenvalue weighted by atomic mass is 10.3. The first-order chi connectivity index (χ1) is 5.86. The molecule has 0 bridgehead atoms. The van der Waals surface area contributed by atoms with Gasteiger partial charge in [-0.05, 0) is 12.1 Å². The van der Waals surface area contributed by atoms with E-state index in [1.54, 1.807) is 18.3 Å². The fraction of sp³-hybridized carbons (Fsp3) is 0. The predicted octanol–water partition coefficient (Wildman–Crippen LogP) is 1.61. The molecule has 3 nitrogen and oxygen atoms in total. The Morgan fingerprint density at radius 1 is 1.25 bits per heavy atom. The van der Waals surface area contributed by atoms with Crippen LogP contribution in [-0.4, -0.2) is 15.2 Å². The first kappa shape index (κ1) is 6.97. The summed E-state index contributed by atoms with van der Waals surface area (Å²) >= 11 is 0. The molecule has 0 aliphatic carbocycles. The van der Waals surface area contributed by atoms with Crippen LogP contribution in [0.4, 0.5) is 4.39 Å². The van der Waals surface area contributed by atoms with Gasteiger partial charge >= 0.3 is 0 Å². The molecule has 0 spiro atoms. The first-order valence-electron chi connectivity index (χ1n) is 3.48. The van der Waals surface area contributed by atoms with E-state index >= 15 is 0 Å². The average Bonchev–Trinajstić information content (AvgIpc) is 2.54. The molecule has 4 heteroatoms. The van der Waals surface area contributed by atoms with Crippen molar-refractivity contribution >= 4 is 0 Å². The van der Waals surface area contributed by atoms with Crippen molar-refractivity contribution in [3.8, 4) is 11.4 Å². The average molecular weight is 163 g/mol. The molecular formula is C8H6FN3. The topological polar surface area (TPSA) is 41.6 Å². The molecule has 60 valence electrons. The second-order valence-electron chi connectivity index (χ2n) is 2.32. The van der Waals surface area contributed by atoms with Crippen LogP contribution in [0.2, 0.25) is 0 Å². The van der Waals surface area contributed by atoms with Gasteiger partial charge in [0.15, 0.2) is 0 Å². The molecule has 2 heterocycles. The van der Waals surface area contributed by atoms with Crippen molar-refractivity contribution in [2.24, 2.45) is 0 Å². The summed E-state index contributed by atoms with van der Waals surface area (Å²) in [6.45, 7) is 0. The number of hydrogen-bond donors (Lipinski definition) is 1. The van der Waals surface area contributed by atoms with Crippen LogP contribution in [0.5, 0.6) is 0 Å². The van der Waals surface area contributed by atoms with Gasteiger partial charge < -0.3 is 0 Å². The minimum absolute atomic E-state index is 0.448. The van der Waals surface area contributed by atoms with Gasteiger partial charge in [0.1, 0.15) is 5.69 Å². The van der Waals surface area contributed by atoms with E-state index in [2.05, 4.69) is 15.2 Å². The van der Waals surface area contributed by atoms with Crippen LogP contribution in [0.1, 0.15) is 0 Å². The van der Waals surface area contributed by atoms with Crippen molar-refractivity contribution in [2.45, 2.75) is 0 Å². The normalized spacial score (nSPS) is 10.1. The van der Waals surface area contributed by atoms with Crippen LogP contribution in [0.15, 0.2) is 30.5 Å². The predicted molar refractivity (Wildman–Crippen MR) is 41.8 cm³/mol. The van der Waals surface area contributed by atoms with Gasteiger partial charge in [-0.15, -0.1) is 0 Å². The van der Waals surface area contributed by atoms with Crippen molar-refractivity contribution in [3.05, 3.63) is 36.4 Å². The molecule has 0 fully saturated rings. The highest BCUT2D eigenvalue weighted by Crippen LogP contribution is 2.12. The van der Waals surface area contributed by atoms with E-state index in [0.29, 0.717) is 11.4 Å². The van der Waals surface area contributed by atoms with Crippen LogP contribution in [0, 0.1) is 5.95 Å². The molecule has 0 saturated carbocycles. The fourth-order valence-corrected chi connectivity index (χ4v) is 0.944. The zero-order valence-corrected chi connectivity index (χ0v) is 6.16. The molecule has 12 heavy (non-hydrogen) atoms. The van der Waals surface area contributed by atoms with E-state index in [1.165, 1.54) is 6.07 Å². The van der Waals surface area contributed by atoms with Crippen LogP contribution in [0.25, 0.3) is 11.4 Å². The van der Waals surface area contributed by atoms with E-state index in [1.807, 2.05) is 6.07 Å². The summed E-state index contributed by atoms with van der Waals surface area (Å²) in [6, 6.07) is 6.71. The minimum atomic E-state index is -0.448. The molecule has 0 atom stereocenters. The van der Waals surface area contributed by atoms with E-state index in [4.69, 9.17) is 0 Å². The molecule has 0 aromatic carbocycles. The van der Waals surface area contributed by atoms with Crippen molar-refractivity contribution in [2.75, 3.05) is 0 Å². The van der Waals surface area contributed by atoms with E-state index in [0.717, 1.165) is 0 Å². The van der Waals surface area contributed by atoms with Crippen molar-refractivity contribution in [1.82, 2.24) is 15.2 Å². The Hall–Kier alpha value is -1.71. The standard InChI is InChI=1S/C8H6FN3/c9-8-5-7(11-12-8)6-3-1-2-4-10-6/h1-5H,(H,11,12). The molecule has 2 aromatic heterocycles. The smallest absolute Gasteiger partial charge is 0.209 e. The number of nitrogens with zero attached hydrogens (tertiary/aromatic N) is 2.